The molecule has 2 aromatic rings. The van der Waals surface area contributed by atoms with Crippen molar-refractivity contribution < 1.29 is 18.3 Å². The van der Waals surface area contributed by atoms with E-state index in [1.165, 1.54) is 31.0 Å². The Morgan fingerprint density at radius 2 is 1.88 bits per heavy atom. The van der Waals surface area contributed by atoms with Crippen molar-refractivity contribution >= 4 is 5.82 Å². The molecule has 2 aliphatic carbocycles. The van der Waals surface area contributed by atoms with Crippen molar-refractivity contribution in [1.82, 2.24) is 19.7 Å². The number of anilines is 1. The molecule has 2 bridgehead atoms. The van der Waals surface area contributed by atoms with Gasteiger partial charge >= 0.3 is 6.61 Å². The summed E-state index contributed by atoms with van der Waals surface area (Å²) in [5.74, 6) is 1.76. The fourth-order valence-corrected chi connectivity index (χ4v) is 6.57. The van der Waals surface area contributed by atoms with Gasteiger partial charge in [-0.2, -0.15) is 13.9 Å². The van der Waals surface area contributed by atoms with Crippen LogP contribution in [0.3, 0.4) is 0 Å². The highest BCUT2D eigenvalue weighted by molar-refractivity contribution is 5.64. The predicted molar refractivity (Wildman–Crippen MR) is 119 cm³/mol. The van der Waals surface area contributed by atoms with E-state index in [0.717, 1.165) is 25.3 Å². The molecule has 4 heterocycles. The highest BCUT2D eigenvalue weighted by Crippen LogP contribution is 2.65. The van der Waals surface area contributed by atoms with Crippen molar-refractivity contribution in [3.05, 3.63) is 24.0 Å². The van der Waals surface area contributed by atoms with Gasteiger partial charge in [-0.3, -0.25) is 9.58 Å². The van der Waals surface area contributed by atoms with Crippen LogP contribution in [-0.2, 0) is 4.74 Å². The number of fused-ring (bicyclic) bond motifs is 3. The van der Waals surface area contributed by atoms with Crippen molar-refractivity contribution in [2.45, 2.75) is 76.2 Å². The summed E-state index contributed by atoms with van der Waals surface area (Å²) in [4.78, 5) is 6.79. The van der Waals surface area contributed by atoms with Crippen LogP contribution in [0.2, 0.25) is 0 Å². The van der Waals surface area contributed by atoms with Crippen LogP contribution in [0.5, 0.6) is 5.75 Å². The number of alkyl halides is 2. The maximum atomic E-state index is 12.8. The number of hydrogen-bond donors (Lipinski definition) is 1. The summed E-state index contributed by atoms with van der Waals surface area (Å²) in [6.07, 6.45) is 6.34. The minimum atomic E-state index is -2.95. The summed E-state index contributed by atoms with van der Waals surface area (Å²) in [6.45, 7) is 3.17. The van der Waals surface area contributed by atoms with E-state index in [-0.39, 0.29) is 17.6 Å². The van der Waals surface area contributed by atoms with Crippen molar-refractivity contribution in [3.8, 4) is 17.0 Å². The molecule has 6 rings (SSSR count). The zero-order valence-corrected chi connectivity index (χ0v) is 19.0. The molecule has 5 atom stereocenters. The number of rotatable bonds is 7. The molecule has 5 unspecified atom stereocenters. The molecule has 2 saturated carbocycles. The Labute approximate surface area is 192 Å². The molecule has 2 aromatic heterocycles. The van der Waals surface area contributed by atoms with Crippen molar-refractivity contribution in [2.24, 2.45) is 11.8 Å². The van der Waals surface area contributed by atoms with Crippen LogP contribution in [0.4, 0.5) is 14.6 Å². The summed E-state index contributed by atoms with van der Waals surface area (Å²) in [5.41, 5.74) is 8.35. The lowest BCUT2D eigenvalue weighted by molar-refractivity contribution is -0.147. The molecule has 2 N–H and O–H groups in total. The van der Waals surface area contributed by atoms with Crippen LogP contribution >= 0.6 is 0 Å². The summed E-state index contributed by atoms with van der Waals surface area (Å²) in [7, 11) is 0. The molecule has 4 aliphatic rings. The Morgan fingerprint density at radius 3 is 2.52 bits per heavy atom. The normalized spacial score (nSPS) is 33.6. The zero-order valence-electron chi connectivity index (χ0n) is 19.0. The second-order valence-corrected chi connectivity index (χ2v) is 10.1. The smallest absolute Gasteiger partial charge is 0.387 e. The van der Waals surface area contributed by atoms with Gasteiger partial charge in [0.05, 0.1) is 18.9 Å². The van der Waals surface area contributed by atoms with E-state index in [4.69, 9.17) is 15.6 Å². The third-order valence-electron chi connectivity index (χ3n) is 8.36. The number of halogens is 2. The summed E-state index contributed by atoms with van der Waals surface area (Å²) in [5, 5.41) is 4.88. The summed E-state index contributed by atoms with van der Waals surface area (Å²) >= 11 is 0. The number of ether oxygens (including phenoxy) is 2. The fourth-order valence-electron chi connectivity index (χ4n) is 6.57. The molecule has 0 radical (unpaired) electrons. The second-order valence-electron chi connectivity index (χ2n) is 10.1. The van der Waals surface area contributed by atoms with E-state index < -0.39 is 6.61 Å². The van der Waals surface area contributed by atoms with Gasteiger partial charge < -0.3 is 15.2 Å². The lowest BCUT2D eigenvalue weighted by Gasteiger charge is -2.55. The number of hydrogen-bond acceptors (Lipinski definition) is 6. The number of pyridine rings is 1. The first kappa shape index (κ1) is 21.3. The first-order chi connectivity index (χ1) is 15.9. The fraction of sp³-hybridized carbons (Fsp3) is 0.667. The minimum Gasteiger partial charge on any atom is -0.431 e. The molecule has 33 heavy (non-hydrogen) atoms. The van der Waals surface area contributed by atoms with Crippen LogP contribution < -0.4 is 10.5 Å². The van der Waals surface area contributed by atoms with Crippen LogP contribution in [0.1, 0.15) is 57.2 Å². The lowest BCUT2D eigenvalue weighted by Crippen LogP contribution is -2.66. The van der Waals surface area contributed by atoms with Gasteiger partial charge in [0.2, 0.25) is 0 Å². The van der Waals surface area contributed by atoms with Gasteiger partial charge in [-0.1, -0.05) is 6.92 Å². The monoisotopic (exact) mass is 459 g/mol. The Kier molecular flexibility index (Phi) is 5.10. The topological polar surface area (TPSA) is 78.4 Å². The van der Waals surface area contributed by atoms with Crippen LogP contribution in [0, 0.1) is 11.8 Å². The largest absolute Gasteiger partial charge is 0.431 e. The highest BCUT2D eigenvalue weighted by atomic mass is 19.3. The third-order valence-corrected chi connectivity index (χ3v) is 8.36. The Morgan fingerprint density at radius 1 is 1.15 bits per heavy atom. The van der Waals surface area contributed by atoms with Gasteiger partial charge in [0.1, 0.15) is 0 Å². The van der Waals surface area contributed by atoms with E-state index in [2.05, 4.69) is 39.2 Å². The zero-order chi connectivity index (χ0) is 22.9. The highest BCUT2D eigenvalue weighted by Gasteiger charge is 2.61. The Bertz CT molecular complexity index is 1020. The van der Waals surface area contributed by atoms with Gasteiger partial charge in [0.25, 0.3) is 0 Å². The second kappa shape index (κ2) is 7.91. The van der Waals surface area contributed by atoms with Gasteiger partial charge in [0.15, 0.2) is 11.6 Å². The first-order valence-corrected chi connectivity index (χ1v) is 12.1. The van der Waals surface area contributed by atoms with Crippen LogP contribution in [-0.4, -0.2) is 57.6 Å². The van der Waals surface area contributed by atoms with Gasteiger partial charge in [-0.05, 0) is 56.6 Å². The van der Waals surface area contributed by atoms with E-state index >= 15 is 0 Å². The minimum absolute atomic E-state index is 0.0513. The molecule has 2 aliphatic heterocycles. The van der Waals surface area contributed by atoms with Crippen molar-refractivity contribution in [3.63, 3.8) is 0 Å². The molecule has 4 fully saturated rings. The first-order valence-electron chi connectivity index (χ1n) is 12.1. The Balaban J connectivity index is 1.24. The summed E-state index contributed by atoms with van der Waals surface area (Å²) in [6, 6.07) is 5.84. The Hall–Kier alpha value is -2.26. The molecule has 0 spiro atoms. The maximum Gasteiger partial charge on any atom is 0.387 e. The SMILES string of the molecule is CCC(C)n1nc(-c2cnc(N)c(OC(F)F)c2)cc1C1C2CC(N3C4COCC3C4)CC21. The molecule has 178 valence electrons. The molecule has 7 nitrogen and oxygen atoms in total. The number of morpholine rings is 1. The predicted octanol–water partition coefficient (Wildman–Crippen LogP) is 4.06. The lowest BCUT2D eigenvalue weighted by atomic mass is 9.87. The molecular weight excluding hydrogens is 428 g/mol. The number of nitrogens with zero attached hydrogens (tertiary/aromatic N) is 4. The molecule has 9 heteroatoms. The van der Waals surface area contributed by atoms with Gasteiger partial charge in [0, 0.05) is 47.5 Å². The van der Waals surface area contributed by atoms with E-state index in [1.54, 1.807) is 6.20 Å². The molecule has 0 aromatic carbocycles. The number of nitrogen functional groups attached to an aromatic ring is 1. The average molecular weight is 460 g/mol. The summed E-state index contributed by atoms with van der Waals surface area (Å²) < 4.78 is 37.9. The van der Waals surface area contributed by atoms with Crippen molar-refractivity contribution in [1.29, 1.82) is 0 Å². The van der Waals surface area contributed by atoms with E-state index in [1.807, 2.05) is 0 Å². The molecular formula is C24H31F2N5O2. The van der Waals surface area contributed by atoms with Crippen LogP contribution in [0.15, 0.2) is 18.3 Å². The third kappa shape index (κ3) is 3.51. The van der Waals surface area contributed by atoms with Crippen molar-refractivity contribution in [2.75, 3.05) is 18.9 Å². The van der Waals surface area contributed by atoms with Crippen LogP contribution in [0.25, 0.3) is 11.3 Å². The molecule has 2 saturated heterocycles. The number of aromatic nitrogens is 3. The standard InChI is InChI=1S/C24H31F2N5O2/c1-3-12(2)31-20(8-19(29-31)13-4-21(33-24(25)26)23(27)28-9-13)22-17-6-14(7-18(17)22)30-15-5-16(30)11-32-10-15/h4,8-9,12,14-18,22,24H,3,5-7,10-11H2,1-2H3,(H2,27,28). The van der Waals surface area contributed by atoms with Gasteiger partial charge in [-0.25, -0.2) is 4.98 Å². The average Bonchev–Trinajstić information content (AvgIpc) is 3.14. The quantitative estimate of drug-likeness (QED) is 0.673. The molecule has 0 amide bonds. The number of nitrogens with two attached hydrogens (primary N) is 1. The van der Waals surface area contributed by atoms with E-state index in [0.29, 0.717) is 41.4 Å². The van der Waals surface area contributed by atoms with Gasteiger partial charge in [-0.15, -0.1) is 0 Å². The maximum absolute atomic E-state index is 12.8. The van der Waals surface area contributed by atoms with E-state index in [9.17, 15) is 8.78 Å².